The molecule has 1 amide bonds. The van der Waals surface area contributed by atoms with Gasteiger partial charge in [-0.3, -0.25) is 4.79 Å². The van der Waals surface area contributed by atoms with Crippen molar-refractivity contribution in [1.82, 2.24) is 10.6 Å². The molecule has 0 radical (unpaired) electrons. The number of carbonyl (C=O) groups is 1. The Labute approximate surface area is 137 Å². The van der Waals surface area contributed by atoms with Crippen LogP contribution in [0.25, 0.3) is 0 Å². The van der Waals surface area contributed by atoms with Crippen LogP contribution in [0.2, 0.25) is 5.02 Å². The van der Waals surface area contributed by atoms with Gasteiger partial charge in [-0.05, 0) is 43.0 Å². The molecule has 1 saturated heterocycles. The molecule has 2 atom stereocenters. The standard InChI is InChI=1S/C16H21ClN2O.ClH/c17-14-6-4-12(5-7-14)9-19-15(20)16-8-2-1-3-13(16)10-18-11-16;/h4-7,13,18H,1-3,8-11H2,(H,19,20);1H/t13-,16+;/m0./s1. The first-order valence-corrected chi connectivity index (χ1v) is 7.82. The summed E-state index contributed by atoms with van der Waals surface area (Å²) in [6, 6.07) is 7.65. The van der Waals surface area contributed by atoms with E-state index < -0.39 is 0 Å². The molecule has 2 fully saturated rings. The van der Waals surface area contributed by atoms with Gasteiger partial charge < -0.3 is 10.6 Å². The van der Waals surface area contributed by atoms with Gasteiger partial charge >= 0.3 is 0 Å². The fraction of sp³-hybridized carbons (Fsp3) is 0.562. The fourth-order valence-corrected chi connectivity index (χ4v) is 3.78. The van der Waals surface area contributed by atoms with Crippen LogP contribution >= 0.6 is 24.0 Å². The number of amides is 1. The number of hydrogen-bond donors (Lipinski definition) is 2. The van der Waals surface area contributed by atoms with Crippen molar-refractivity contribution in [1.29, 1.82) is 0 Å². The van der Waals surface area contributed by atoms with Crippen molar-refractivity contribution in [3.8, 4) is 0 Å². The van der Waals surface area contributed by atoms with Crippen LogP contribution in [-0.2, 0) is 11.3 Å². The molecule has 2 aliphatic rings. The Morgan fingerprint density at radius 1 is 1.33 bits per heavy atom. The number of hydrogen-bond acceptors (Lipinski definition) is 2. The van der Waals surface area contributed by atoms with Crippen LogP contribution in [0.3, 0.4) is 0 Å². The lowest BCUT2D eigenvalue weighted by atomic mass is 9.67. The molecule has 3 nitrogen and oxygen atoms in total. The van der Waals surface area contributed by atoms with Crippen molar-refractivity contribution >= 4 is 29.9 Å². The van der Waals surface area contributed by atoms with E-state index >= 15 is 0 Å². The minimum absolute atomic E-state index is 0. The number of nitrogens with one attached hydrogen (secondary N) is 2. The monoisotopic (exact) mass is 328 g/mol. The topological polar surface area (TPSA) is 41.1 Å². The molecular weight excluding hydrogens is 307 g/mol. The van der Waals surface area contributed by atoms with Gasteiger partial charge in [0, 0.05) is 18.1 Å². The largest absolute Gasteiger partial charge is 0.351 e. The molecule has 3 rings (SSSR count). The Kier molecular flexibility index (Phi) is 5.53. The average Bonchev–Trinajstić information content (AvgIpc) is 2.91. The molecule has 2 N–H and O–H groups in total. The highest BCUT2D eigenvalue weighted by atomic mass is 35.5. The van der Waals surface area contributed by atoms with Gasteiger partial charge in [0.15, 0.2) is 0 Å². The van der Waals surface area contributed by atoms with Crippen LogP contribution in [0.5, 0.6) is 0 Å². The van der Waals surface area contributed by atoms with E-state index in [0.717, 1.165) is 30.1 Å². The van der Waals surface area contributed by atoms with Crippen LogP contribution < -0.4 is 10.6 Å². The van der Waals surface area contributed by atoms with Gasteiger partial charge in [0.1, 0.15) is 0 Å². The summed E-state index contributed by atoms with van der Waals surface area (Å²) in [6.07, 6.45) is 4.64. The minimum atomic E-state index is -0.162. The number of fused-ring (bicyclic) bond motifs is 1. The van der Waals surface area contributed by atoms with E-state index in [2.05, 4.69) is 10.6 Å². The Balaban J connectivity index is 0.00000161. The second-order valence-corrected chi connectivity index (χ2v) is 6.48. The van der Waals surface area contributed by atoms with E-state index in [1.54, 1.807) is 0 Å². The second kappa shape index (κ2) is 6.99. The number of carbonyl (C=O) groups excluding carboxylic acids is 1. The van der Waals surface area contributed by atoms with E-state index in [4.69, 9.17) is 11.6 Å². The first-order chi connectivity index (χ1) is 9.71. The highest BCUT2D eigenvalue weighted by Gasteiger charge is 2.49. The van der Waals surface area contributed by atoms with E-state index in [9.17, 15) is 4.79 Å². The molecule has 1 aromatic carbocycles. The zero-order valence-corrected chi connectivity index (χ0v) is 13.6. The van der Waals surface area contributed by atoms with Gasteiger partial charge in [-0.25, -0.2) is 0 Å². The maximum absolute atomic E-state index is 12.7. The molecule has 0 spiro atoms. The molecular formula is C16H22Cl2N2O. The van der Waals surface area contributed by atoms with Gasteiger partial charge in [-0.2, -0.15) is 0 Å². The van der Waals surface area contributed by atoms with Gasteiger partial charge in [0.25, 0.3) is 0 Å². The molecule has 0 aromatic heterocycles. The molecule has 1 aliphatic carbocycles. The third kappa shape index (κ3) is 3.36. The van der Waals surface area contributed by atoms with Gasteiger partial charge in [0.05, 0.1) is 5.41 Å². The average molecular weight is 329 g/mol. The summed E-state index contributed by atoms with van der Waals surface area (Å²) < 4.78 is 0. The van der Waals surface area contributed by atoms with Crippen LogP contribution in [0.4, 0.5) is 0 Å². The first kappa shape index (κ1) is 16.6. The van der Waals surface area contributed by atoms with E-state index in [1.807, 2.05) is 24.3 Å². The Bertz CT molecular complexity index is 492. The van der Waals surface area contributed by atoms with Crippen molar-refractivity contribution in [3.63, 3.8) is 0 Å². The first-order valence-electron chi connectivity index (χ1n) is 7.44. The summed E-state index contributed by atoms with van der Waals surface area (Å²) in [7, 11) is 0. The van der Waals surface area contributed by atoms with E-state index in [1.165, 1.54) is 19.3 Å². The third-order valence-electron chi connectivity index (χ3n) is 4.86. The summed E-state index contributed by atoms with van der Waals surface area (Å²) in [5, 5.41) is 7.27. The summed E-state index contributed by atoms with van der Waals surface area (Å²) in [6.45, 7) is 2.42. The lowest BCUT2D eigenvalue weighted by Gasteiger charge is -2.37. The molecule has 1 saturated carbocycles. The lowest BCUT2D eigenvalue weighted by Crippen LogP contribution is -2.47. The van der Waals surface area contributed by atoms with Crippen LogP contribution in [0.15, 0.2) is 24.3 Å². The summed E-state index contributed by atoms with van der Waals surface area (Å²) in [5.41, 5.74) is 0.933. The smallest absolute Gasteiger partial charge is 0.228 e. The molecule has 0 unspecified atom stereocenters. The number of halogens is 2. The van der Waals surface area contributed by atoms with Crippen molar-refractivity contribution in [2.45, 2.75) is 32.2 Å². The highest BCUT2D eigenvalue weighted by molar-refractivity contribution is 6.30. The molecule has 21 heavy (non-hydrogen) atoms. The van der Waals surface area contributed by atoms with Crippen LogP contribution in [0.1, 0.15) is 31.2 Å². The van der Waals surface area contributed by atoms with E-state index in [0.29, 0.717) is 12.5 Å². The second-order valence-electron chi connectivity index (χ2n) is 6.04. The quantitative estimate of drug-likeness (QED) is 0.894. The molecule has 1 heterocycles. The zero-order chi connectivity index (χ0) is 14.0. The maximum atomic E-state index is 12.7. The number of rotatable bonds is 3. The predicted octanol–water partition coefficient (Wildman–Crippen LogP) is 3.16. The van der Waals surface area contributed by atoms with Crippen LogP contribution in [-0.4, -0.2) is 19.0 Å². The minimum Gasteiger partial charge on any atom is -0.351 e. The Morgan fingerprint density at radius 2 is 2.10 bits per heavy atom. The normalized spacial score (nSPS) is 27.6. The van der Waals surface area contributed by atoms with Gasteiger partial charge in [0.2, 0.25) is 5.91 Å². The van der Waals surface area contributed by atoms with Crippen molar-refractivity contribution in [2.24, 2.45) is 11.3 Å². The molecule has 1 aromatic rings. The lowest BCUT2D eigenvalue weighted by molar-refractivity contribution is -0.134. The molecule has 116 valence electrons. The highest BCUT2D eigenvalue weighted by Crippen LogP contribution is 2.43. The SMILES string of the molecule is Cl.O=C(NCc1ccc(Cl)cc1)[C@@]12CCCC[C@H]1CNC2. The zero-order valence-electron chi connectivity index (χ0n) is 12.0. The number of benzene rings is 1. The van der Waals surface area contributed by atoms with Crippen molar-refractivity contribution in [2.75, 3.05) is 13.1 Å². The van der Waals surface area contributed by atoms with Crippen molar-refractivity contribution < 1.29 is 4.79 Å². The summed E-state index contributed by atoms with van der Waals surface area (Å²) in [5.74, 6) is 0.739. The predicted molar refractivity (Wildman–Crippen MR) is 87.8 cm³/mol. The maximum Gasteiger partial charge on any atom is 0.228 e. The molecule has 5 heteroatoms. The fourth-order valence-electron chi connectivity index (χ4n) is 3.65. The molecule has 0 bridgehead atoms. The van der Waals surface area contributed by atoms with Crippen LogP contribution in [0, 0.1) is 11.3 Å². The van der Waals surface area contributed by atoms with Crippen molar-refractivity contribution in [3.05, 3.63) is 34.9 Å². The summed E-state index contributed by atoms with van der Waals surface area (Å²) >= 11 is 5.87. The van der Waals surface area contributed by atoms with Gasteiger partial charge in [-0.15, -0.1) is 12.4 Å². The van der Waals surface area contributed by atoms with E-state index in [-0.39, 0.29) is 23.7 Å². The molecule has 1 aliphatic heterocycles. The summed E-state index contributed by atoms with van der Waals surface area (Å²) in [4.78, 5) is 12.7. The van der Waals surface area contributed by atoms with Gasteiger partial charge in [-0.1, -0.05) is 36.6 Å². The third-order valence-corrected chi connectivity index (χ3v) is 5.11. The Morgan fingerprint density at radius 3 is 2.86 bits per heavy atom. The Hall–Kier alpha value is -0.770.